The molecule has 0 radical (unpaired) electrons. The van der Waals surface area contributed by atoms with Gasteiger partial charge in [0.2, 0.25) is 0 Å². The highest BCUT2D eigenvalue weighted by molar-refractivity contribution is 5.82. The zero-order valence-electron chi connectivity index (χ0n) is 9.24. The molecule has 4 nitrogen and oxygen atoms in total. The van der Waals surface area contributed by atoms with Gasteiger partial charge in [-0.1, -0.05) is 19.3 Å². The molecule has 88 valence electrons. The Hall–Kier alpha value is -0.900. The van der Waals surface area contributed by atoms with Gasteiger partial charge in [0.05, 0.1) is 0 Å². The predicted molar refractivity (Wildman–Crippen MR) is 56.6 cm³/mol. The molecular weight excluding hydrogens is 196 g/mol. The Morgan fingerprint density at radius 1 is 1.00 bits per heavy atom. The second-order valence-corrected chi connectivity index (χ2v) is 3.80. The van der Waals surface area contributed by atoms with E-state index in [1.165, 1.54) is 6.92 Å². The minimum atomic E-state index is -0.850. The number of aliphatic hydroxyl groups excluding tert-OH is 1. The van der Waals surface area contributed by atoms with Crippen molar-refractivity contribution in [1.82, 2.24) is 0 Å². The summed E-state index contributed by atoms with van der Waals surface area (Å²) in [5.41, 5.74) is 0. The summed E-state index contributed by atoms with van der Waals surface area (Å²) in [6, 6.07) is 0. The van der Waals surface area contributed by atoms with Gasteiger partial charge in [0.25, 0.3) is 0 Å². The third-order valence-electron chi connectivity index (χ3n) is 2.28. The number of aliphatic hydroxyl groups is 1. The van der Waals surface area contributed by atoms with E-state index in [9.17, 15) is 9.59 Å². The van der Waals surface area contributed by atoms with Crippen LogP contribution in [0.4, 0.5) is 0 Å². The average Bonchev–Trinajstić information content (AvgIpc) is 2.15. The monoisotopic (exact) mass is 216 g/mol. The lowest BCUT2D eigenvalue weighted by Crippen LogP contribution is -2.15. The first-order valence-electron chi connectivity index (χ1n) is 5.46. The zero-order chi connectivity index (χ0) is 11.7. The smallest absolute Gasteiger partial charge is 0.303 e. The van der Waals surface area contributed by atoms with Crippen molar-refractivity contribution in [2.45, 2.75) is 58.0 Å². The molecule has 0 aliphatic rings. The molecule has 0 spiro atoms. The zero-order valence-corrected chi connectivity index (χ0v) is 9.24. The number of carbonyl (C=O) groups is 2. The summed E-state index contributed by atoms with van der Waals surface area (Å²) < 4.78 is 0. The van der Waals surface area contributed by atoms with Gasteiger partial charge in [0.15, 0.2) is 5.78 Å². The van der Waals surface area contributed by atoms with Gasteiger partial charge in [-0.3, -0.25) is 9.59 Å². The van der Waals surface area contributed by atoms with Crippen molar-refractivity contribution in [1.29, 1.82) is 0 Å². The van der Waals surface area contributed by atoms with Crippen LogP contribution in [0.3, 0.4) is 0 Å². The molecule has 0 saturated heterocycles. The lowest BCUT2D eigenvalue weighted by molar-refractivity contribution is -0.137. The van der Waals surface area contributed by atoms with E-state index < -0.39 is 12.1 Å². The Kier molecular flexibility index (Phi) is 7.91. The Morgan fingerprint density at radius 3 is 1.93 bits per heavy atom. The van der Waals surface area contributed by atoms with Crippen molar-refractivity contribution in [3.63, 3.8) is 0 Å². The van der Waals surface area contributed by atoms with Crippen molar-refractivity contribution in [2.24, 2.45) is 0 Å². The van der Waals surface area contributed by atoms with Gasteiger partial charge >= 0.3 is 5.97 Å². The van der Waals surface area contributed by atoms with Crippen LogP contribution >= 0.6 is 0 Å². The van der Waals surface area contributed by atoms with E-state index in [1.807, 2.05) is 0 Å². The first-order chi connectivity index (χ1) is 7.04. The van der Waals surface area contributed by atoms with Crippen molar-refractivity contribution >= 4 is 11.8 Å². The Balaban J connectivity index is 3.18. The molecule has 0 saturated carbocycles. The number of hydrogen-bond acceptors (Lipinski definition) is 3. The molecule has 0 aromatic carbocycles. The lowest BCUT2D eigenvalue weighted by Gasteiger charge is -2.02. The average molecular weight is 216 g/mol. The van der Waals surface area contributed by atoms with Crippen LogP contribution in [0, 0.1) is 0 Å². The number of rotatable bonds is 9. The number of Topliss-reactive ketones (excluding diaryl/α,β-unsaturated/α-hetero) is 1. The molecule has 0 aliphatic heterocycles. The van der Waals surface area contributed by atoms with E-state index in [4.69, 9.17) is 10.2 Å². The van der Waals surface area contributed by atoms with Gasteiger partial charge in [0.1, 0.15) is 6.10 Å². The van der Waals surface area contributed by atoms with Gasteiger partial charge in [-0.05, 0) is 19.8 Å². The van der Waals surface area contributed by atoms with Crippen LogP contribution in [-0.2, 0) is 9.59 Å². The van der Waals surface area contributed by atoms with E-state index in [0.717, 1.165) is 25.7 Å². The highest BCUT2D eigenvalue weighted by atomic mass is 16.4. The first-order valence-corrected chi connectivity index (χ1v) is 5.46. The summed E-state index contributed by atoms with van der Waals surface area (Å²) in [5.74, 6) is -0.861. The van der Waals surface area contributed by atoms with Crippen molar-refractivity contribution < 1.29 is 19.8 Å². The third kappa shape index (κ3) is 9.41. The van der Waals surface area contributed by atoms with Crippen LogP contribution < -0.4 is 0 Å². The van der Waals surface area contributed by atoms with E-state index >= 15 is 0 Å². The fourth-order valence-electron chi connectivity index (χ4n) is 1.31. The molecule has 1 unspecified atom stereocenters. The summed E-state index contributed by atoms with van der Waals surface area (Å²) in [7, 11) is 0. The van der Waals surface area contributed by atoms with Crippen LogP contribution in [-0.4, -0.2) is 28.1 Å². The van der Waals surface area contributed by atoms with E-state index in [-0.39, 0.29) is 12.2 Å². The SMILES string of the molecule is CC(O)C(=O)CCCCCCCC(=O)O. The third-order valence-corrected chi connectivity index (χ3v) is 2.28. The molecule has 0 bridgehead atoms. The molecule has 2 N–H and O–H groups in total. The van der Waals surface area contributed by atoms with Crippen molar-refractivity contribution in [2.75, 3.05) is 0 Å². The number of ketones is 1. The number of unbranched alkanes of at least 4 members (excludes halogenated alkanes) is 4. The van der Waals surface area contributed by atoms with E-state index in [2.05, 4.69) is 0 Å². The minimum Gasteiger partial charge on any atom is -0.481 e. The van der Waals surface area contributed by atoms with Gasteiger partial charge in [0, 0.05) is 12.8 Å². The molecule has 15 heavy (non-hydrogen) atoms. The van der Waals surface area contributed by atoms with Crippen molar-refractivity contribution in [3.05, 3.63) is 0 Å². The molecule has 0 fully saturated rings. The standard InChI is InChI=1S/C11H20O4/c1-9(12)10(13)7-5-3-2-4-6-8-11(14)15/h9,12H,2-8H2,1H3,(H,14,15). The van der Waals surface area contributed by atoms with Crippen molar-refractivity contribution in [3.8, 4) is 0 Å². The molecule has 4 heteroatoms. The van der Waals surface area contributed by atoms with Gasteiger partial charge in [-0.15, -0.1) is 0 Å². The molecule has 1 atom stereocenters. The molecule has 0 rings (SSSR count). The second kappa shape index (κ2) is 8.41. The Morgan fingerprint density at radius 2 is 1.47 bits per heavy atom. The van der Waals surface area contributed by atoms with Gasteiger partial charge in [-0.25, -0.2) is 0 Å². The lowest BCUT2D eigenvalue weighted by atomic mass is 10.1. The predicted octanol–water partition coefficient (Wildman–Crippen LogP) is 1.75. The van der Waals surface area contributed by atoms with E-state index in [0.29, 0.717) is 12.8 Å². The molecule has 0 aliphatic carbocycles. The number of hydrogen-bond donors (Lipinski definition) is 2. The molecule has 0 aromatic heterocycles. The molecule has 0 heterocycles. The summed E-state index contributed by atoms with van der Waals surface area (Å²) in [5, 5.41) is 17.3. The normalized spacial score (nSPS) is 12.4. The van der Waals surface area contributed by atoms with Gasteiger partial charge < -0.3 is 10.2 Å². The Labute approximate surface area is 90.3 Å². The first kappa shape index (κ1) is 14.1. The largest absolute Gasteiger partial charge is 0.481 e. The summed E-state index contributed by atoms with van der Waals surface area (Å²) in [4.78, 5) is 21.2. The highest BCUT2D eigenvalue weighted by Gasteiger charge is 2.07. The number of carboxylic acid groups (broad SMARTS) is 1. The van der Waals surface area contributed by atoms with Crippen LogP contribution in [0.1, 0.15) is 51.9 Å². The van der Waals surface area contributed by atoms with Crippen LogP contribution in [0.15, 0.2) is 0 Å². The summed E-state index contributed by atoms with van der Waals surface area (Å²) in [6.45, 7) is 1.48. The topological polar surface area (TPSA) is 74.6 Å². The maximum absolute atomic E-state index is 11.0. The fraction of sp³-hybridized carbons (Fsp3) is 0.818. The van der Waals surface area contributed by atoms with Gasteiger partial charge in [-0.2, -0.15) is 0 Å². The van der Waals surface area contributed by atoms with Crippen LogP contribution in [0.25, 0.3) is 0 Å². The summed E-state index contributed by atoms with van der Waals surface area (Å²) in [6.07, 6.45) is 4.09. The molecular formula is C11H20O4. The van der Waals surface area contributed by atoms with Crippen LogP contribution in [0.5, 0.6) is 0 Å². The maximum atomic E-state index is 11.0. The molecule has 0 aromatic rings. The molecule has 0 amide bonds. The Bertz CT molecular complexity index is 199. The second-order valence-electron chi connectivity index (χ2n) is 3.80. The highest BCUT2D eigenvalue weighted by Crippen LogP contribution is 2.08. The number of carboxylic acids is 1. The quantitative estimate of drug-likeness (QED) is 0.576. The number of carbonyl (C=O) groups excluding carboxylic acids is 1. The number of aliphatic carboxylic acids is 1. The minimum absolute atomic E-state index is 0.111. The fourth-order valence-corrected chi connectivity index (χ4v) is 1.31. The summed E-state index contributed by atoms with van der Waals surface area (Å²) >= 11 is 0. The van der Waals surface area contributed by atoms with E-state index in [1.54, 1.807) is 0 Å². The maximum Gasteiger partial charge on any atom is 0.303 e. The van der Waals surface area contributed by atoms with Crippen LogP contribution in [0.2, 0.25) is 0 Å².